The minimum atomic E-state index is -1.10. The maximum absolute atomic E-state index is 12.0. The highest BCUT2D eigenvalue weighted by Crippen LogP contribution is 2.30. The Balaban J connectivity index is 2.00. The predicted octanol–water partition coefficient (Wildman–Crippen LogP) is 1.60. The largest absolute Gasteiger partial charge is 0.480 e. The molecule has 0 radical (unpaired) electrons. The number of nitrogens with zero attached hydrogens (tertiary/aromatic N) is 2. The zero-order valence-corrected chi connectivity index (χ0v) is 11.9. The molecule has 22 heavy (non-hydrogen) atoms. The fourth-order valence-electron chi connectivity index (χ4n) is 2.04. The third kappa shape index (κ3) is 4.72. The monoisotopic (exact) mass is 307 g/mol. The summed E-state index contributed by atoms with van der Waals surface area (Å²) in [5.41, 5.74) is 0.754. The molecule has 0 aromatic heterocycles. The number of carboxylic acid groups (broad SMARTS) is 1. The van der Waals surface area contributed by atoms with Crippen molar-refractivity contribution >= 4 is 17.7 Å². The summed E-state index contributed by atoms with van der Waals surface area (Å²) in [4.78, 5) is 34.2. The Labute approximate surface area is 126 Å². The Morgan fingerprint density at radius 3 is 2.45 bits per heavy atom. The Morgan fingerprint density at radius 1 is 1.32 bits per heavy atom. The minimum Gasteiger partial charge on any atom is -0.480 e. The second-order valence-corrected chi connectivity index (χ2v) is 5.30. The summed E-state index contributed by atoms with van der Waals surface area (Å²) in [5.74, 6) is -0.649. The third-order valence-electron chi connectivity index (χ3n) is 3.37. The third-order valence-corrected chi connectivity index (χ3v) is 3.37. The van der Waals surface area contributed by atoms with Crippen LogP contribution in [0.15, 0.2) is 24.3 Å². The van der Waals surface area contributed by atoms with E-state index in [1.54, 1.807) is 17.0 Å². The van der Waals surface area contributed by atoms with Gasteiger partial charge in [0, 0.05) is 25.2 Å². The number of aliphatic carboxylic acids is 1. The molecule has 1 aromatic rings. The molecule has 1 fully saturated rings. The van der Waals surface area contributed by atoms with Crippen molar-refractivity contribution in [2.45, 2.75) is 19.4 Å². The van der Waals surface area contributed by atoms with E-state index in [4.69, 9.17) is 5.11 Å². The lowest BCUT2D eigenvalue weighted by Gasteiger charge is -2.22. The molecule has 0 saturated heterocycles. The van der Waals surface area contributed by atoms with E-state index in [-0.39, 0.29) is 5.69 Å². The van der Waals surface area contributed by atoms with Crippen LogP contribution in [0.2, 0.25) is 0 Å². The highest BCUT2D eigenvalue weighted by atomic mass is 16.6. The van der Waals surface area contributed by atoms with E-state index in [9.17, 15) is 19.7 Å². The van der Waals surface area contributed by atoms with Crippen molar-refractivity contribution in [3.63, 3.8) is 0 Å². The fraction of sp³-hybridized carbons (Fsp3) is 0.429. The average Bonchev–Trinajstić information content (AvgIpc) is 3.28. The van der Waals surface area contributed by atoms with Gasteiger partial charge < -0.3 is 15.3 Å². The Morgan fingerprint density at radius 2 is 1.95 bits per heavy atom. The molecule has 0 heterocycles. The van der Waals surface area contributed by atoms with Gasteiger partial charge in [0.05, 0.1) is 4.92 Å². The summed E-state index contributed by atoms with van der Waals surface area (Å²) >= 11 is 0. The van der Waals surface area contributed by atoms with Gasteiger partial charge in [-0.1, -0.05) is 12.1 Å². The molecule has 1 aliphatic rings. The molecule has 2 N–H and O–H groups in total. The van der Waals surface area contributed by atoms with Crippen LogP contribution < -0.4 is 5.32 Å². The smallest absolute Gasteiger partial charge is 0.323 e. The van der Waals surface area contributed by atoms with Gasteiger partial charge in [0.15, 0.2) is 0 Å². The maximum atomic E-state index is 12.0. The van der Waals surface area contributed by atoms with Gasteiger partial charge in [-0.2, -0.15) is 0 Å². The Kier molecular flexibility index (Phi) is 4.92. The van der Waals surface area contributed by atoms with Crippen molar-refractivity contribution in [1.29, 1.82) is 0 Å². The molecule has 0 spiro atoms. The number of non-ortho nitro benzene ring substituents is 1. The number of urea groups is 1. The molecule has 0 aliphatic heterocycles. The van der Waals surface area contributed by atoms with Crippen LogP contribution in [0.1, 0.15) is 18.4 Å². The lowest BCUT2D eigenvalue weighted by Crippen LogP contribution is -2.42. The van der Waals surface area contributed by atoms with Crippen LogP contribution in [0, 0.1) is 16.0 Å². The first-order valence-electron chi connectivity index (χ1n) is 6.93. The number of nitrogens with one attached hydrogen (secondary N) is 1. The molecule has 2 rings (SSSR count). The number of rotatable bonds is 7. The van der Waals surface area contributed by atoms with Crippen LogP contribution in [0.3, 0.4) is 0 Å². The quantitative estimate of drug-likeness (QED) is 0.587. The van der Waals surface area contributed by atoms with Crippen molar-refractivity contribution < 1.29 is 19.6 Å². The number of hydrogen-bond acceptors (Lipinski definition) is 4. The molecule has 118 valence electrons. The maximum Gasteiger partial charge on any atom is 0.323 e. The van der Waals surface area contributed by atoms with Crippen molar-refractivity contribution in [1.82, 2.24) is 10.2 Å². The normalized spacial score (nSPS) is 13.5. The van der Waals surface area contributed by atoms with Crippen LogP contribution in [0.25, 0.3) is 0 Å². The predicted molar refractivity (Wildman–Crippen MR) is 77.3 cm³/mol. The summed E-state index contributed by atoms with van der Waals surface area (Å²) in [6.07, 6.45) is 2.12. The number of hydrogen-bond donors (Lipinski definition) is 2. The Hall–Kier alpha value is -2.64. The Bertz CT molecular complexity index is 568. The molecule has 0 atom stereocenters. The van der Waals surface area contributed by atoms with Crippen molar-refractivity contribution in [2.75, 3.05) is 13.1 Å². The molecule has 1 aliphatic carbocycles. The van der Waals surface area contributed by atoms with E-state index in [0.717, 1.165) is 18.4 Å². The lowest BCUT2D eigenvalue weighted by molar-refractivity contribution is -0.384. The molecule has 8 nitrogen and oxygen atoms in total. The number of nitro groups is 1. The van der Waals surface area contributed by atoms with Crippen LogP contribution in [0.4, 0.5) is 10.5 Å². The SMILES string of the molecule is O=C(O)CNC(=O)N(Cc1ccc([N+](=O)[O-])cc1)CC1CC1. The van der Waals surface area contributed by atoms with Crippen molar-refractivity contribution in [3.05, 3.63) is 39.9 Å². The van der Waals surface area contributed by atoms with Gasteiger partial charge in [-0.05, 0) is 24.3 Å². The number of amides is 2. The molecule has 0 bridgehead atoms. The van der Waals surface area contributed by atoms with Crippen LogP contribution in [-0.2, 0) is 11.3 Å². The summed E-state index contributed by atoms with van der Waals surface area (Å²) in [6, 6.07) is 5.54. The second kappa shape index (κ2) is 6.88. The van der Waals surface area contributed by atoms with Gasteiger partial charge in [0.25, 0.3) is 5.69 Å². The fourth-order valence-corrected chi connectivity index (χ4v) is 2.04. The standard InChI is InChI=1S/C14H17N3O5/c18-13(19)7-15-14(20)16(8-10-1-2-10)9-11-3-5-12(6-4-11)17(21)22/h3-6,10H,1-2,7-9H2,(H,15,20)(H,18,19). The average molecular weight is 307 g/mol. The van der Waals surface area contributed by atoms with Gasteiger partial charge in [0.1, 0.15) is 6.54 Å². The van der Waals surface area contributed by atoms with Crippen LogP contribution >= 0.6 is 0 Å². The molecular weight excluding hydrogens is 290 g/mol. The number of carboxylic acids is 1. The molecular formula is C14H17N3O5. The summed E-state index contributed by atoms with van der Waals surface area (Å²) < 4.78 is 0. The number of benzene rings is 1. The molecule has 8 heteroatoms. The molecule has 2 amide bonds. The topological polar surface area (TPSA) is 113 Å². The van der Waals surface area contributed by atoms with Gasteiger partial charge in [-0.25, -0.2) is 4.79 Å². The molecule has 1 saturated carbocycles. The van der Waals surface area contributed by atoms with Crippen LogP contribution in [-0.4, -0.2) is 40.0 Å². The first-order valence-corrected chi connectivity index (χ1v) is 6.93. The zero-order chi connectivity index (χ0) is 16.1. The minimum absolute atomic E-state index is 0.00665. The van der Waals surface area contributed by atoms with Gasteiger partial charge in [0.2, 0.25) is 0 Å². The highest BCUT2D eigenvalue weighted by molar-refractivity contribution is 5.80. The van der Waals surface area contributed by atoms with Crippen molar-refractivity contribution in [2.24, 2.45) is 5.92 Å². The van der Waals surface area contributed by atoms with Crippen LogP contribution in [0.5, 0.6) is 0 Å². The number of nitro benzene ring substituents is 1. The second-order valence-electron chi connectivity index (χ2n) is 5.30. The highest BCUT2D eigenvalue weighted by Gasteiger charge is 2.27. The number of carbonyl (C=O) groups is 2. The van der Waals surface area contributed by atoms with E-state index in [1.807, 2.05) is 0 Å². The van der Waals surface area contributed by atoms with Gasteiger partial charge >= 0.3 is 12.0 Å². The first-order chi connectivity index (χ1) is 10.5. The summed E-state index contributed by atoms with van der Waals surface area (Å²) in [5, 5.41) is 21.6. The summed E-state index contributed by atoms with van der Waals surface area (Å²) in [7, 11) is 0. The van der Waals surface area contributed by atoms with E-state index >= 15 is 0 Å². The zero-order valence-electron chi connectivity index (χ0n) is 11.9. The first kappa shape index (κ1) is 15.7. The van der Waals surface area contributed by atoms with E-state index in [2.05, 4.69) is 5.32 Å². The van der Waals surface area contributed by atoms with E-state index < -0.39 is 23.5 Å². The lowest BCUT2D eigenvalue weighted by atomic mass is 10.2. The van der Waals surface area contributed by atoms with E-state index in [0.29, 0.717) is 19.0 Å². The number of carbonyl (C=O) groups excluding carboxylic acids is 1. The van der Waals surface area contributed by atoms with Gasteiger partial charge in [-0.3, -0.25) is 14.9 Å². The van der Waals surface area contributed by atoms with Gasteiger partial charge in [-0.15, -0.1) is 0 Å². The van der Waals surface area contributed by atoms with E-state index in [1.165, 1.54) is 12.1 Å². The summed E-state index contributed by atoms with van der Waals surface area (Å²) in [6.45, 7) is 0.419. The van der Waals surface area contributed by atoms with Crippen molar-refractivity contribution in [3.8, 4) is 0 Å². The molecule has 1 aromatic carbocycles. The molecule has 0 unspecified atom stereocenters.